The molecule has 146 valence electrons. The van der Waals surface area contributed by atoms with Crippen LogP contribution in [0.2, 0.25) is 5.02 Å². The van der Waals surface area contributed by atoms with Crippen LogP contribution in [0.4, 0.5) is 5.69 Å². The van der Waals surface area contributed by atoms with Gasteiger partial charge in [-0.25, -0.2) is 0 Å². The Morgan fingerprint density at radius 2 is 1.61 bits per heavy atom. The molecule has 6 heteroatoms. The van der Waals surface area contributed by atoms with Crippen LogP contribution >= 0.6 is 11.6 Å². The number of rotatable bonds is 4. The molecular formula is C22H24ClN3O2. The molecule has 2 saturated heterocycles. The van der Waals surface area contributed by atoms with Crippen LogP contribution in [0.25, 0.3) is 0 Å². The number of nitrogens with zero attached hydrogens (tertiary/aromatic N) is 3. The van der Waals surface area contributed by atoms with Crippen LogP contribution in [-0.4, -0.2) is 54.3 Å². The van der Waals surface area contributed by atoms with E-state index in [4.69, 9.17) is 11.6 Å². The van der Waals surface area contributed by atoms with E-state index in [-0.39, 0.29) is 11.8 Å². The molecule has 2 aromatic carbocycles. The minimum absolute atomic E-state index is 0.0270. The van der Waals surface area contributed by atoms with Gasteiger partial charge in [0, 0.05) is 50.0 Å². The molecule has 5 nitrogen and oxygen atoms in total. The molecule has 1 atom stereocenters. The van der Waals surface area contributed by atoms with E-state index < -0.39 is 5.92 Å². The monoisotopic (exact) mass is 397 g/mol. The molecule has 2 aliphatic rings. The molecule has 0 N–H and O–H groups in total. The summed E-state index contributed by atoms with van der Waals surface area (Å²) in [5, 5.41) is 0.776. The summed E-state index contributed by atoms with van der Waals surface area (Å²) >= 11 is 6.26. The van der Waals surface area contributed by atoms with Gasteiger partial charge in [-0.3, -0.25) is 14.5 Å². The zero-order valence-electron chi connectivity index (χ0n) is 15.8. The number of hydrogen-bond donors (Lipinski definition) is 0. The van der Waals surface area contributed by atoms with Gasteiger partial charge in [0.1, 0.15) is 5.92 Å². The summed E-state index contributed by atoms with van der Waals surface area (Å²) < 4.78 is 0. The van der Waals surface area contributed by atoms with Crippen molar-refractivity contribution in [3.05, 3.63) is 65.2 Å². The third kappa shape index (κ3) is 3.91. The highest BCUT2D eigenvalue weighted by atomic mass is 35.5. The predicted octanol–water partition coefficient (Wildman–Crippen LogP) is 3.04. The molecule has 0 bridgehead atoms. The van der Waals surface area contributed by atoms with Crippen molar-refractivity contribution in [3.8, 4) is 0 Å². The number of halogens is 1. The van der Waals surface area contributed by atoms with Crippen LogP contribution in [0.5, 0.6) is 0 Å². The van der Waals surface area contributed by atoms with Gasteiger partial charge in [0.2, 0.25) is 11.8 Å². The zero-order chi connectivity index (χ0) is 19.5. The Kier molecular flexibility index (Phi) is 5.64. The van der Waals surface area contributed by atoms with Crippen molar-refractivity contribution in [1.29, 1.82) is 0 Å². The third-order valence-corrected chi connectivity index (χ3v) is 5.98. The van der Waals surface area contributed by atoms with Gasteiger partial charge in [-0.15, -0.1) is 0 Å². The zero-order valence-corrected chi connectivity index (χ0v) is 16.5. The van der Waals surface area contributed by atoms with Crippen molar-refractivity contribution in [3.63, 3.8) is 0 Å². The Labute approximate surface area is 170 Å². The van der Waals surface area contributed by atoms with Gasteiger partial charge in [-0.05, 0) is 30.2 Å². The fourth-order valence-electron chi connectivity index (χ4n) is 3.99. The topological polar surface area (TPSA) is 43.9 Å². The number of hydrogen-bond acceptors (Lipinski definition) is 3. The molecule has 2 aromatic rings. The number of benzene rings is 2. The standard InChI is InChI=1S/C22H24ClN3O2/c23-20-9-5-4-6-17(20)16-24-12-14-25(15-13-24)21(27)19-10-11-26(22(19)28)18-7-2-1-3-8-18/h1-9,19H,10-16H2. The molecule has 0 aliphatic carbocycles. The average molecular weight is 398 g/mol. The first-order chi connectivity index (χ1) is 13.6. The molecule has 2 amide bonds. The van der Waals surface area contributed by atoms with Crippen LogP contribution in [0.3, 0.4) is 0 Å². The summed E-state index contributed by atoms with van der Waals surface area (Å²) in [5.41, 5.74) is 1.97. The normalized spacial score (nSPS) is 20.6. The number of para-hydroxylation sites is 1. The second-order valence-electron chi connectivity index (χ2n) is 7.36. The maximum absolute atomic E-state index is 12.9. The van der Waals surface area contributed by atoms with E-state index in [0.717, 1.165) is 35.9 Å². The first kappa shape index (κ1) is 19.0. The van der Waals surface area contributed by atoms with Gasteiger partial charge in [-0.1, -0.05) is 48.0 Å². The van der Waals surface area contributed by atoms with Crippen molar-refractivity contribution in [2.75, 3.05) is 37.6 Å². The van der Waals surface area contributed by atoms with E-state index in [9.17, 15) is 9.59 Å². The molecule has 0 saturated carbocycles. The fraction of sp³-hybridized carbons (Fsp3) is 0.364. The Hall–Kier alpha value is -2.37. The highest BCUT2D eigenvalue weighted by Gasteiger charge is 2.40. The van der Waals surface area contributed by atoms with Crippen molar-refractivity contribution < 1.29 is 9.59 Å². The van der Waals surface area contributed by atoms with Crippen molar-refractivity contribution in [1.82, 2.24) is 9.80 Å². The van der Waals surface area contributed by atoms with E-state index in [1.807, 2.05) is 59.5 Å². The maximum Gasteiger partial charge on any atom is 0.239 e. The van der Waals surface area contributed by atoms with Crippen molar-refractivity contribution >= 4 is 29.1 Å². The minimum Gasteiger partial charge on any atom is -0.339 e. The summed E-state index contributed by atoms with van der Waals surface area (Å²) in [6.45, 7) is 4.27. The molecule has 1 unspecified atom stereocenters. The molecule has 0 aromatic heterocycles. The largest absolute Gasteiger partial charge is 0.339 e. The van der Waals surface area contributed by atoms with Crippen LogP contribution in [0.15, 0.2) is 54.6 Å². The van der Waals surface area contributed by atoms with Crippen molar-refractivity contribution in [2.24, 2.45) is 5.92 Å². The Morgan fingerprint density at radius 1 is 0.929 bits per heavy atom. The Balaban J connectivity index is 1.33. The molecule has 0 spiro atoms. The summed E-state index contributed by atoms with van der Waals surface area (Å²) in [7, 11) is 0. The van der Waals surface area contributed by atoms with Gasteiger partial charge in [-0.2, -0.15) is 0 Å². The first-order valence-corrected chi connectivity index (χ1v) is 10.1. The summed E-state index contributed by atoms with van der Waals surface area (Å²) in [5.74, 6) is -0.647. The lowest BCUT2D eigenvalue weighted by atomic mass is 10.1. The highest BCUT2D eigenvalue weighted by Crippen LogP contribution is 2.27. The van der Waals surface area contributed by atoms with Crippen molar-refractivity contribution in [2.45, 2.75) is 13.0 Å². The second-order valence-corrected chi connectivity index (χ2v) is 7.77. The average Bonchev–Trinajstić information content (AvgIpc) is 3.12. The molecule has 2 fully saturated rings. The van der Waals surface area contributed by atoms with Crippen LogP contribution < -0.4 is 4.90 Å². The van der Waals surface area contributed by atoms with Gasteiger partial charge in [0.25, 0.3) is 0 Å². The quantitative estimate of drug-likeness (QED) is 0.745. The van der Waals surface area contributed by atoms with Gasteiger partial charge < -0.3 is 9.80 Å². The number of piperazine rings is 1. The Bertz CT molecular complexity index is 850. The fourth-order valence-corrected chi connectivity index (χ4v) is 4.18. The Morgan fingerprint density at radius 3 is 2.32 bits per heavy atom. The van der Waals surface area contributed by atoms with Crippen LogP contribution in [-0.2, 0) is 16.1 Å². The highest BCUT2D eigenvalue weighted by molar-refractivity contribution is 6.31. The lowest BCUT2D eigenvalue weighted by Gasteiger charge is -2.35. The van der Waals surface area contributed by atoms with Gasteiger partial charge in [0.15, 0.2) is 0 Å². The third-order valence-electron chi connectivity index (χ3n) is 5.61. The minimum atomic E-state index is -0.546. The smallest absolute Gasteiger partial charge is 0.239 e. The van der Waals surface area contributed by atoms with E-state index in [1.165, 1.54) is 0 Å². The lowest BCUT2D eigenvalue weighted by Crippen LogP contribution is -2.51. The molecule has 2 aliphatic heterocycles. The molecule has 4 rings (SSSR count). The van der Waals surface area contributed by atoms with Crippen LogP contribution in [0, 0.1) is 5.92 Å². The second kappa shape index (κ2) is 8.33. The van der Waals surface area contributed by atoms with Gasteiger partial charge >= 0.3 is 0 Å². The van der Waals surface area contributed by atoms with E-state index in [1.54, 1.807) is 4.90 Å². The number of anilines is 1. The predicted molar refractivity (Wildman–Crippen MR) is 110 cm³/mol. The van der Waals surface area contributed by atoms with E-state index >= 15 is 0 Å². The summed E-state index contributed by atoms with van der Waals surface area (Å²) in [6.07, 6.45) is 0.590. The maximum atomic E-state index is 12.9. The lowest BCUT2D eigenvalue weighted by molar-refractivity contribution is -0.141. The SMILES string of the molecule is O=C(C1CCN(c2ccccc2)C1=O)N1CCN(Cc2ccccc2Cl)CC1. The van der Waals surface area contributed by atoms with Crippen LogP contribution in [0.1, 0.15) is 12.0 Å². The molecule has 28 heavy (non-hydrogen) atoms. The van der Waals surface area contributed by atoms with E-state index in [0.29, 0.717) is 26.1 Å². The molecular weight excluding hydrogens is 374 g/mol. The first-order valence-electron chi connectivity index (χ1n) is 9.74. The number of carbonyl (C=O) groups excluding carboxylic acids is 2. The summed E-state index contributed by atoms with van der Waals surface area (Å²) in [4.78, 5) is 31.6. The van der Waals surface area contributed by atoms with Gasteiger partial charge in [0.05, 0.1) is 0 Å². The van der Waals surface area contributed by atoms with E-state index in [2.05, 4.69) is 4.90 Å². The number of amides is 2. The number of carbonyl (C=O) groups is 2. The summed E-state index contributed by atoms with van der Waals surface area (Å²) in [6, 6.07) is 17.4. The molecule has 2 heterocycles. The molecule has 0 radical (unpaired) electrons.